The molecule has 0 unspecified atom stereocenters. The summed E-state index contributed by atoms with van der Waals surface area (Å²) >= 11 is 5.82. The van der Waals surface area contributed by atoms with Gasteiger partial charge >= 0.3 is 5.97 Å². The van der Waals surface area contributed by atoms with E-state index < -0.39 is 18.5 Å². The summed E-state index contributed by atoms with van der Waals surface area (Å²) in [5.74, 6) is -0.0333. The van der Waals surface area contributed by atoms with Crippen LogP contribution in [0.3, 0.4) is 0 Å². The SMILES string of the molecule is O=C(COC(=O)c1ccc2c(c1)OCO2)Nc1cccc(Cl)c1. The van der Waals surface area contributed by atoms with Crippen molar-refractivity contribution in [2.24, 2.45) is 0 Å². The second-order valence-electron chi connectivity index (χ2n) is 4.70. The van der Waals surface area contributed by atoms with Crippen LogP contribution in [0.5, 0.6) is 11.5 Å². The van der Waals surface area contributed by atoms with Crippen molar-refractivity contribution in [1.29, 1.82) is 0 Å². The number of nitrogens with one attached hydrogen (secondary N) is 1. The van der Waals surface area contributed by atoms with Crippen LogP contribution in [0.25, 0.3) is 0 Å². The quantitative estimate of drug-likeness (QED) is 0.871. The molecule has 118 valence electrons. The summed E-state index contributed by atoms with van der Waals surface area (Å²) in [5.41, 5.74) is 0.812. The lowest BCUT2D eigenvalue weighted by Crippen LogP contribution is -2.20. The number of carbonyl (C=O) groups excluding carboxylic acids is 2. The van der Waals surface area contributed by atoms with Gasteiger partial charge in [0.05, 0.1) is 5.56 Å². The highest BCUT2D eigenvalue weighted by atomic mass is 35.5. The molecule has 0 spiro atoms. The van der Waals surface area contributed by atoms with Gasteiger partial charge in [0.15, 0.2) is 18.1 Å². The highest BCUT2D eigenvalue weighted by Crippen LogP contribution is 2.32. The number of ether oxygens (including phenoxy) is 3. The predicted molar refractivity (Wildman–Crippen MR) is 82.9 cm³/mol. The molecule has 0 aliphatic carbocycles. The van der Waals surface area contributed by atoms with Crippen molar-refractivity contribution < 1.29 is 23.8 Å². The molecule has 1 aliphatic heterocycles. The number of hydrogen-bond acceptors (Lipinski definition) is 5. The number of fused-ring (bicyclic) bond motifs is 1. The normalized spacial score (nSPS) is 11.9. The van der Waals surface area contributed by atoms with Crippen LogP contribution in [0.1, 0.15) is 10.4 Å². The Morgan fingerprint density at radius 3 is 2.78 bits per heavy atom. The summed E-state index contributed by atoms with van der Waals surface area (Å²) < 4.78 is 15.3. The van der Waals surface area contributed by atoms with Gasteiger partial charge < -0.3 is 19.5 Å². The molecule has 0 bridgehead atoms. The van der Waals surface area contributed by atoms with Gasteiger partial charge in [0.25, 0.3) is 5.91 Å². The highest BCUT2D eigenvalue weighted by Gasteiger charge is 2.17. The van der Waals surface area contributed by atoms with Crippen molar-refractivity contribution in [3.63, 3.8) is 0 Å². The Bertz CT molecular complexity index is 762. The predicted octanol–water partition coefficient (Wildman–Crippen LogP) is 2.86. The van der Waals surface area contributed by atoms with Gasteiger partial charge in [0.1, 0.15) is 0 Å². The number of rotatable bonds is 4. The summed E-state index contributed by atoms with van der Waals surface area (Å²) in [4.78, 5) is 23.7. The Morgan fingerprint density at radius 1 is 1.13 bits per heavy atom. The number of anilines is 1. The maximum atomic E-state index is 11.9. The molecule has 0 saturated heterocycles. The monoisotopic (exact) mass is 333 g/mol. The second kappa shape index (κ2) is 6.58. The molecule has 23 heavy (non-hydrogen) atoms. The van der Waals surface area contributed by atoms with E-state index in [1.165, 1.54) is 6.07 Å². The third kappa shape index (κ3) is 3.73. The number of amides is 1. The summed E-state index contributed by atoms with van der Waals surface area (Å²) in [7, 11) is 0. The van der Waals surface area contributed by atoms with E-state index >= 15 is 0 Å². The van der Waals surface area contributed by atoms with Crippen molar-refractivity contribution >= 4 is 29.2 Å². The molecule has 0 fully saturated rings. The van der Waals surface area contributed by atoms with Crippen LogP contribution in [-0.2, 0) is 9.53 Å². The van der Waals surface area contributed by atoms with E-state index in [9.17, 15) is 9.59 Å². The van der Waals surface area contributed by atoms with Crippen molar-refractivity contribution in [3.8, 4) is 11.5 Å². The number of hydrogen-bond donors (Lipinski definition) is 1. The van der Waals surface area contributed by atoms with Crippen molar-refractivity contribution in [2.45, 2.75) is 0 Å². The van der Waals surface area contributed by atoms with Crippen LogP contribution >= 0.6 is 11.6 Å². The molecule has 0 radical (unpaired) electrons. The van der Waals surface area contributed by atoms with Gasteiger partial charge in [-0.2, -0.15) is 0 Å². The molecule has 2 aromatic carbocycles. The van der Waals surface area contributed by atoms with E-state index in [0.29, 0.717) is 22.2 Å². The zero-order valence-corrected chi connectivity index (χ0v) is 12.6. The third-order valence-electron chi connectivity index (χ3n) is 3.05. The van der Waals surface area contributed by atoms with E-state index in [0.717, 1.165) is 0 Å². The summed E-state index contributed by atoms with van der Waals surface area (Å²) in [6, 6.07) is 11.4. The Balaban J connectivity index is 1.55. The zero-order chi connectivity index (χ0) is 16.2. The van der Waals surface area contributed by atoms with Gasteiger partial charge in [-0.05, 0) is 36.4 Å². The van der Waals surface area contributed by atoms with Crippen LogP contribution in [0.2, 0.25) is 5.02 Å². The molecule has 1 heterocycles. The fraction of sp³-hybridized carbons (Fsp3) is 0.125. The van der Waals surface area contributed by atoms with Gasteiger partial charge in [-0.3, -0.25) is 4.79 Å². The van der Waals surface area contributed by atoms with Crippen LogP contribution < -0.4 is 14.8 Å². The Morgan fingerprint density at radius 2 is 1.96 bits per heavy atom. The van der Waals surface area contributed by atoms with Gasteiger partial charge in [0, 0.05) is 10.7 Å². The van der Waals surface area contributed by atoms with Crippen molar-refractivity contribution in [3.05, 3.63) is 53.1 Å². The third-order valence-corrected chi connectivity index (χ3v) is 3.29. The zero-order valence-electron chi connectivity index (χ0n) is 11.9. The molecule has 2 aromatic rings. The number of halogens is 1. The molecule has 0 atom stereocenters. The molecular weight excluding hydrogens is 322 g/mol. The van der Waals surface area contributed by atoms with E-state index in [1.807, 2.05) is 0 Å². The molecule has 0 aromatic heterocycles. The van der Waals surface area contributed by atoms with E-state index in [1.54, 1.807) is 36.4 Å². The average Bonchev–Trinajstić information content (AvgIpc) is 3.00. The van der Waals surface area contributed by atoms with Crippen LogP contribution in [-0.4, -0.2) is 25.3 Å². The van der Waals surface area contributed by atoms with Crippen LogP contribution in [0.15, 0.2) is 42.5 Å². The Hall–Kier alpha value is -2.73. The molecule has 1 N–H and O–H groups in total. The van der Waals surface area contributed by atoms with Gasteiger partial charge in [-0.1, -0.05) is 17.7 Å². The average molecular weight is 334 g/mol. The number of carbonyl (C=O) groups is 2. The maximum Gasteiger partial charge on any atom is 0.338 e. The lowest BCUT2D eigenvalue weighted by atomic mass is 10.2. The molecule has 1 amide bonds. The lowest BCUT2D eigenvalue weighted by molar-refractivity contribution is -0.119. The summed E-state index contributed by atoms with van der Waals surface area (Å²) in [6.45, 7) is -0.282. The molecule has 7 heteroatoms. The first-order valence-electron chi connectivity index (χ1n) is 6.74. The Labute approximate surface area is 136 Å². The molecule has 6 nitrogen and oxygen atoms in total. The lowest BCUT2D eigenvalue weighted by Gasteiger charge is -2.07. The molecular formula is C16H12ClNO5. The van der Waals surface area contributed by atoms with Crippen molar-refractivity contribution in [2.75, 3.05) is 18.7 Å². The molecule has 3 rings (SSSR count). The molecule has 1 aliphatic rings. The standard InChI is InChI=1S/C16H12ClNO5/c17-11-2-1-3-12(7-11)18-15(19)8-21-16(20)10-4-5-13-14(6-10)23-9-22-13/h1-7H,8-9H2,(H,18,19). The van der Waals surface area contributed by atoms with Gasteiger partial charge in [0.2, 0.25) is 6.79 Å². The summed E-state index contributed by atoms with van der Waals surface area (Å²) in [5, 5.41) is 3.09. The first-order valence-corrected chi connectivity index (χ1v) is 7.12. The summed E-state index contributed by atoms with van der Waals surface area (Å²) in [6.07, 6.45) is 0. The minimum atomic E-state index is -0.621. The minimum Gasteiger partial charge on any atom is -0.454 e. The number of benzene rings is 2. The van der Waals surface area contributed by atoms with Gasteiger partial charge in [-0.15, -0.1) is 0 Å². The fourth-order valence-corrected chi connectivity index (χ4v) is 2.19. The second-order valence-corrected chi connectivity index (χ2v) is 5.14. The van der Waals surface area contributed by atoms with Crippen LogP contribution in [0.4, 0.5) is 5.69 Å². The smallest absolute Gasteiger partial charge is 0.338 e. The Kier molecular flexibility index (Phi) is 4.34. The fourth-order valence-electron chi connectivity index (χ4n) is 2.00. The molecule has 0 saturated carbocycles. The van der Waals surface area contributed by atoms with E-state index in [2.05, 4.69) is 5.32 Å². The topological polar surface area (TPSA) is 73.9 Å². The first kappa shape index (κ1) is 15.2. The maximum absolute atomic E-state index is 11.9. The largest absolute Gasteiger partial charge is 0.454 e. The number of esters is 1. The van der Waals surface area contributed by atoms with Crippen molar-refractivity contribution in [1.82, 2.24) is 0 Å². The van der Waals surface area contributed by atoms with E-state index in [-0.39, 0.29) is 12.4 Å². The van der Waals surface area contributed by atoms with Crippen LogP contribution in [0, 0.1) is 0 Å². The minimum absolute atomic E-state index is 0.121. The highest BCUT2D eigenvalue weighted by molar-refractivity contribution is 6.30. The first-order chi connectivity index (χ1) is 11.1. The van der Waals surface area contributed by atoms with E-state index in [4.69, 9.17) is 25.8 Å². The van der Waals surface area contributed by atoms with Gasteiger partial charge in [-0.25, -0.2) is 4.79 Å².